The van der Waals surface area contributed by atoms with Crippen LogP contribution >= 0.6 is 11.8 Å². The smallest absolute Gasteiger partial charge is 0.229 e. The summed E-state index contributed by atoms with van der Waals surface area (Å²) in [7, 11) is 0. The van der Waals surface area contributed by atoms with Crippen LogP contribution in [-0.4, -0.2) is 28.2 Å². The third kappa shape index (κ3) is 0.883. The lowest BCUT2D eigenvalue weighted by molar-refractivity contribution is -0.149. The van der Waals surface area contributed by atoms with E-state index in [4.69, 9.17) is 0 Å². The molecule has 0 bridgehead atoms. The molecule has 4 heteroatoms. The summed E-state index contributed by atoms with van der Waals surface area (Å²) in [6.07, 6.45) is 0.847. The van der Waals surface area contributed by atoms with E-state index < -0.39 is 5.50 Å². The molecule has 0 aliphatic carbocycles. The predicted molar refractivity (Wildman–Crippen MR) is 41.8 cm³/mol. The maximum absolute atomic E-state index is 12.7. The minimum atomic E-state index is -0.847. The summed E-state index contributed by atoms with van der Waals surface area (Å²) in [5.41, 5.74) is -0.847. The number of halogens is 1. The van der Waals surface area contributed by atoms with Crippen LogP contribution in [0.1, 0.15) is 13.3 Å². The minimum Gasteiger partial charge on any atom is -0.326 e. The van der Waals surface area contributed by atoms with Crippen LogP contribution in [0.25, 0.3) is 0 Å². The van der Waals surface area contributed by atoms with Crippen LogP contribution in [0.3, 0.4) is 0 Å². The molecule has 0 aromatic rings. The molecule has 2 fully saturated rings. The third-order valence-electron chi connectivity index (χ3n) is 2.32. The fourth-order valence-electron chi connectivity index (χ4n) is 1.68. The zero-order valence-corrected chi connectivity index (χ0v) is 7.10. The van der Waals surface area contributed by atoms with Crippen molar-refractivity contribution in [1.82, 2.24) is 4.90 Å². The van der Waals surface area contributed by atoms with Gasteiger partial charge in [0.2, 0.25) is 5.91 Å². The van der Waals surface area contributed by atoms with Crippen molar-refractivity contribution < 1.29 is 9.18 Å². The number of alkyl halides is 1. The van der Waals surface area contributed by atoms with Gasteiger partial charge in [0.25, 0.3) is 0 Å². The molecule has 0 saturated carbocycles. The zero-order chi connectivity index (χ0) is 8.01. The molecule has 0 N–H and O–H groups in total. The molecule has 62 valence electrons. The molecule has 1 amide bonds. The van der Waals surface area contributed by atoms with Crippen LogP contribution in [0.5, 0.6) is 0 Å². The first kappa shape index (κ1) is 7.40. The van der Waals surface area contributed by atoms with Crippen molar-refractivity contribution in [1.29, 1.82) is 0 Å². The second-order valence-electron chi connectivity index (χ2n) is 2.94. The molecular formula is C7H10FNOS. The van der Waals surface area contributed by atoms with Crippen molar-refractivity contribution in [2.24, 2.45) is 5.92 Å². The van der Waals surface area contributed by atoms with Gasteiger partial charge in [-0.3, -0.25) is 4.79 Å². The highest BCUT2D eigenvalue weighted by molar-refractivity contribution is 8.00. The van der Waals surface area contributed by atoms with Gasteiger partial charge in [0.05, 0.1) is 17.8 Å². The first-order chi connectivity index (χ1) is 5.24. The lowest BCUT2D eigenvalue weighted by Crippen LogP contribution is -2.55. The maximum atomic E-state index is 12.7. The number of rotatable bonds is 1. The number of thioether (sulfide) groups is 1. The number of fused-ring (bicyclic) bond motifs is 1. The highest BCUT2D eigenvalue weighted by atomic mass is 32.2. The van der Waals surface area contributed by atoms with Crippen LogP contribution in [0.15, 0.2) is 0 Å². The van der Waals surface area contributed by atoms with E-state index in [-0.39, 0.29) is 17.2 Å². The maximum Gasteiger partial charge on any atom is 0.229 e. The number of hydrogen-bond acceptors (Lipinski definition) is 2. The second-order valence-corrected chi connectivity index (χ2v) is 4.21. The average molecular weight is 175 g/mol. The largest absolute Gasteiger partial charge is 0.326 e. The van der Waals surface area contributed by atoms with E-state index in [0.29, 0.717) is 6.54 Å². The lowest BCUT2D eigenvalue weighted by atomic mass is 9.96. The highest BCUT2D eigenvalue weighted by Gasteiger charge is 2.52. The van der Waals surface area contributed by atoms with Gasteiger partial charge in [-0.15, -0.1) is 0 Å². The van der Waals surface area contributed by atoms with Crippen LogP contribution < -0.4 is 0 Å². The standard InChI is InChI=1S/C7H10FNOS/c1-2-4-6(10)9-3-5(8)11-7(4)9/h4-5,7H,2-3H2,1H3/t4?,5?,7-/m0/s1. The number of β-lactam (4-membered cyclic amide) rings is 1. The van der Waals surface area contributed by atoms with E-state index in [1.165, 1.54) is 11.8 Å². The summed E-state index contributed by atoms with van der Waals surface area (Å²) in [5.74, 6) is 0.242. The van der Waals surface area contributed by atoms with Gasteiger partial charge in [0, 0.05) is 0 Å². The van der Waals surface area contributed by atoms with Crippen LogP contribution in [0, 0.1) is 5.92 Å². The second kappa shape index (κ2) is 2.37. The Kier molecular flexibility index (Phi) is 1.59. The van der Waals surface area contributed by atoms with Gasteiger partial charge in [0.15, 0.2) is 5.50 Å². The van der Waals surface area contributed by atoms with Gasteiger partial charge in [-0.05, 0) is 6.42 Å². The van der Waals surface area contributed by atoms with Crippen molar-refractivity contribution in [3.05, 3.63) is 0 Å². The summed E-state index contributed by atoms with van der Waals surface area (Å²) in [6, 6.07) is 0. The van der Waals surface area contributed by atoms with E-state index >= 15 is 0 Å². The fourth-order valence-corrected chi connectivity index (χ4v) is 3.07. The minimum absolute atomic E-state index is 0.0979. The Morgan fingerprint density at radius 2 is 2.55 bits per heavy atom. The van der Waals surface area contributed by atoms with Crippen molar-refractivity contribution in [3.63, 3.8) is 0 Å². The molecule has 2 aliphatic heterocycles. The molecule has 0 spiro atoms. The fraction of sp³-hybridized carbons (Fsp3) is 0.857. The summed E-state index contributed by atoms with van der Waals surface area (Å²) in [6.45, 7) is 2.29. The zero-order valence-electron chi connectivity index (χ0n) is 6.29. The molecule has 2 heterocycles. The predicted octanol–water partition coefficient (Wildman–Crippen LogP) is 1.22. The molecule has 2 aliphatic rings. The molecule has 2 saturated heterocycles. The normalized spacial score (nSPS) is 42.2. The molecule has 0 radical (unpaired) electrons. The topological polar surface area (TPSA) is 20.3 Å². The molecule has 11 heavy (non-hydrogen) atoms. The van der Waals surface area contributed by atoms with Crippen molar-refractivity contribution in [3.8, 4) is 0 Å². The molecule has 0 aromatic carbocycles. The molecule has 2 unspecified atom stereocenters. The number of carbonyl (C=O) groups excluding carboxylic acids is 1. The number of nitrogens with zero attached hydrogens (tertiary/aromatic N) is 1. The van der Waals surface area contributed by atoms with E-state index in [1.54, 1.807) is 4.90 Å². The van der Waals surface area contributed by atoms with E-state index in [0.717, 1.165) is 6.42 Å². The van der Waals surface area contributed by atoms with Crippen LogP contribution in [-0.2, 0) is 4.79 Å². The Morgan fingerprint density at radius 1 is 1.82 bits per heavy atom. The van der Waals surface area contributed by atoms with Gasteiger partial charge in [-0.25, -0.2) is 4.39 Å². The van der Waals surface area contributed by atoms with Gasteiger partial charge in [0.1, 0.15) is 0 Å². The summed E-state index contributed by atoms with van der Waals surface area (Å²) in [5, 5.41) is 0.155. The van der Waals surface area contributed by atoms with Crippen LogP contribution in [0.4, 0.5) is 4.39 Å². The number of amides is 1. The van der Waals surface area contributed by atoms with Crippen molar-refractivity contribution in [2.45, 2.75) is 24.2 Å². The van der Waals surface area contributed by atoms with E-state index in [1.807, 2.05) is 6.92 Å². The lowest BCUT2D eigenvalue weighted by Gasteiger charge is -2.40. The molecule has 2 rings (SSSR count). The van der Waals surface area contributed by atoms with Crippen molar-refractivity contribution >= 4 is 17.7 Å². The van der Waals surface area contributed by atoms with Crippen molar-refractivity contribution in [2.75, 3.05) is 6.54 Å². The SMILES string of the molecule is CCC1C(=O)N2CC(F)S[C@@H]12. The van der Waals surface area contributed by atoms with Gasteiger partial charge >= 0.3 is 0 Å². The summed E-state index contributed by atoms with van der Waals surface area (Å²) in [4.78, 5) is 12.8. The third-order valence-corrected chi connectivity index (χ3v) is 3.63. The highest BCUT2D eigenvalue weighted by Crippen LogP contribution is 2.45. The Morgan fingerprint density at radius 3 is 3.18 bits per heavy atom. The summed E-state index contributed by atoms with van der Waals surface area (Å²) >= 11 is 1.29. The average Bonchev–Trinajstić information content (AvgIpc) is 2.30. The van der Waals surface area contributed by atoms with Gasteiger partial charge in [-0.2, -0.15) is 0 Å². The molecule has 3 atom stereocenters. The number of carbonyl (C=O) groups is 1. The van der Waals surface area contributed by atoms with E-state index in [2.05, 4.69) is 0 Å². The van der Waals surface area contributed by atoms with E-state index in [9.17, 15) is 9.18 Å². The molecule has 2 nitrogen and oxygen atoms in total. The molecule has 0 aromatic heterocycles. The van der Waals surface area contributed by atoms with Crippen LogP contribution in [0.2, 0.25) is 0 Å². The van der Waals surface area contributed by atoms with Gasteiger partial charge in [-0.1, -0.05) is 18.7 Å². The Hall–Kier alpha value is -0.250. The Bertz CT molecular complexity index is 191. The number of hydrogen-bond donors (Lipinski definition) is 0. The summed E-state index contributed by atoms with van der Waals surface area (Å²) < 4.78 is 12.7. The molecular weight excluding hydrogens is 165 g/mol. The first-order valence-corrected chi connectivity index (χ1v) is 4.78. The Labute approximate surface area is 69.1 Å². The first-order valence-electron chi connectivity index (χ1n) is 3.84. The quantitative estimate of drug-likeness (QED) is 0.558. The Balaban J connectivity index is 2.07. The van der Waals surface area contributed by atoms with Gasteiger partial charge < -0.3 is 4.90 Å². The monoisotopic (exact) mass is 175 g/mol.